The van der Waals surface area contributed by atoms with Crippen LogP contribution in [0.4, 0.5) is 9.59 Å². The second-order valence-corrected chi connectivity index (χ2v) is 14.5. The molecule has 0 aliphatic carbocycles. The Kier molecular flexibility index (Phi) is 13.1. The van der Waals surface area contributed by atoms with Crippen molar-refractivity contribution < 1.29 is 28.7 Å². The SMILES string of the molecule is CC(C)(C)OC(=O)N[C@@H](C(=O)N1CCC[C@H]1C(=O)NCCCC1CCN(C(=O)OCc2ccccc2)CC1)C(c1ccccc1)c1ccccc1. The van der Waals surface area contributed by atoms with Crippen LogP contribution < -0.4 is 10.6 Å². The molecule has 10 heteroatoms. The zero-order valence-electron chi connectivity index (χ0n) is 30.1. The molecule has 2 aliphatic rings. The van der Waals surface area contributed by atoms with Gasteiger partial charge in [0.1, 0.15) is 24.3 Å². The maximum absolute atomic E-state index is 14.5. The molecule has 51 heavy (non-hydrogen) atoms. The molecule has 5 rings (SSSR count). The number of hydrogen-bond donors (Lipinski definition) is 2. The summed E-state index contributed by atoms with van der Waals surface area (Å²) in [6.45, 7) is 7.87. The fourth-order valence-electron chi connectivity index (χ4n) is 7.04. The first-order valence-corrected chi connectivity index (χ1v) is 18.2. The van der Waals surface area contributed by atoms with Crippen LogP contribution in [0.25, 0.3) is 0 Å². The number of benzene rings is 3. The van der Waals surface area contributed by atoms with Gasteiger partial charge >= 0.3 is 12.2 Å². The van der Waals surface area contributed by atoms with Crippen molar-refractivity contribution in [2.24, 2.45) is 5.92 Å². The van der Waals surface area contributed by atoms with Crippen molar-refractivity contribution in [1.29, 1.82) is 0 Å². The summed E-state index contributed by atoms with van der Waals surface area (Å²) in [5.74, 6) is -0.528. The van der Waals surface area contributed by atoms with Crippen LogP contribution in [0.1, 0.15) is 81.9 Å². The van der Waals surface area contributed by atoms with Crippen LogP contribution in [0.15, 0.2) is 91.0 Å². The van der Waals surface area contributed by atoms with Crippen molar-refractivity contribution in [3.05, 3.63) is 108 Å². The summed E-state index contributed by atoms with van der Waals surface area (Å²) in [5.41, 5.74) is 1.95. The van der Waals surface area contributed by atoms with Crippen LogP contribution in [0.3, 0.4) is 0 Å². The number of likely N-dealkylation sites (tertiary alicyclic amines) is 2. The number of amides is 4. The summed E-state index contributed by atoms with van der Waals surface area (Å²) in [5, 5.41) is 5.99. The number of nitrogens with one attached hydrogen (secondary N) is 2. The molecule has 0 saturated carbocycles. The highest BCUT2D eigenvalue weighted by Gasteiger charge is 2.42. The maximum atomic E-state index is 14.5. The van der Waals surface area contributed by atoms with Crippen molar-refractivity contribution in [3.63, 3.8) is 0 Å². The molecule has 2 atom stereocenters. The molecule has 4 amide bonds. The Bertz CT molecular complexity index is 1530. The molecule has 0 unspecified atom stereocenters. The smallest absolute Gasteiger partial charge is 0.410 e. The third kappa shape index (κ3) is 10.8. The van der Waals surface area contributed by atoms with Crippen LogP contribution in [-0.2, 0) is 25.7 Å². The number of alkyl carbamates (subject to hydrolysis) is 1. The molecule has 2 aliphatic heterocycles. The van der Waals surface area contributed by atoms with Crippen LogP contribution in [0.2, 0.25) is 0 Å². The minimum absolute atomic E-state index is 0.177. The summed E-state index contributed by atoms with van der Waals surface area (Å²) < 4.78 is 11.1. The molecule has 2 heterocycles. The summed E-state index contributed by atoms with van der Waals surface area (Å²) in [7, 11) is 0. The molecule has 0 bridgehead atoms. The van der Waals surface area contributed by atoms with Crippen LogP contribution in [0, 0.1) is 5.92 Å². The molecule has 0 radical (unpaired) electrons. The Morgan fingerprint density at radius 2 is 1.39 bits per heavy atom. The van der Waals surface area contributed by atoms with E-state index in [1.807, 2.05) is 91.0 Å². The highest BCUT2D eigenvalue weighted by molar-refractivity contribution is 5.93. The predicted molar refractivity (Wildman–Crippen MR) is 196 cm³/mol. The normalized spacial score (nSPS) is 17.1. The Balaban J connectivity index is 1.16. The highest BCUT2D eigenvalue weighted by atomic mass is 16.6. The summed E-state index contributed by atoms with van der Waals surface area (Å²) in [6, 6.07) is 27.3. The first-order valence-electron chi connectivity index (χ1n) is 18.2. The third-order valence-corrected chi connectivity index (χ3v) is 9.59. The van der Waals surface area contributed by atoms with E-state index in [2.05, 4.69) is 10.6 Å². The monoisotopic (exact) mass is 696 g/mol. The fraction of sp³-hybridized carbons (Fsp3) is 0.463. The second kappa shape index (κ2) is 17.9. The van der Waals surface area contributed by atoms with Crippen molar-refractivity contribution in [3.8, 4) is 0 Å². The van der Waals surface area contributed by atoms with E-state index < -0.39 is 29.7 Å². The zero-order chi connectivity index (χ0) is 36.2. The number of rotatable bonds is 12. The molecule has 272 valence electrons. The van der Waals surface area contributed by atoms with Gasteiger partial charge < -0.3 is 29.9 Å². The predicted octanol–water partition coefficient (Wildman–Crippen LogP) is 6.65. The molecule has 0 aromatic heterocycles. The average molecular weight is 697 g/mol. The molecular weight excluding hydrogens is 644 g/mol. The second-order valence-electron chi connectivity index (χ2n) is 14.5. The molecular formula is C41H52N4O6. The lowest BCUT2D eigenvalue weighted by molar-refractivity contribution is -0.140. The lowest BCUT2D eigenvalue weighted by atomic mass is 9.84. The first-order chi connectivity index (χ1) is 24.6. The van der Waals surface area contributed by atoms with Crippen molar-refractivity contribution in [2.45, 2.75) is 89.5 Å². The molecule has 2 fully saturated rings. The molecule has 2 saturated heterocycles. The van der Waals surface area contributed by atoms with Gasteiger partial charge in [-0.3, -0.25) is 9.59 Å². The molecule has 2 N–H and O–H groups in total. The topological polar surface area (TPSA) is 117 Å². The average Bonchev–Trinajstić information content (AvgIpc) is 3.63. The summed E-state index contributed by atoms with van der Waals surface area (Å²) in [4.78, 5) is 57.2. The van der Waals surface area contributed by atoms with Crippen molar-refractivity contribution in [1.82, 2.24) is 20.4 Å². The van der Waals surface area contributed by atoms with Crippen LogP contribution >= 0.6 is 0 Å². The summed E-state index contributed by atoms with van der Waals surface area (Å²) in [6.07, 6.45) is 3.83. The lowest BCUT2D eigenvalue weighted by Crippen LogP contribution is -2.56. The largest absolute Gasteiger partial charge is 0.445 e. The highest BCUT2D eigenvalue weighted by Crippen LogP contribution is 2.31. The number of hydrogen-bond acceptors (Lipinski definition) is 6. The van der Waals surface area contributed by atoms with Gasteiger partial charge in [0, 0.05) is 32.1 Å². The van der Waals surface area contributed by atoms with E-state index in [1.165, 1.54) is 0 Å². The van der Waals surface area contributed by atoms with Gasteiger partial charge in [0.05, 0.1) is 0 Å². The third-order valence-electron chi connectivity index (χ3n) is 9.59. The van der Waals surface area contributed by atoms with Crippen LogP contribution in [-0.4, -0.2) is 77.7 Å². The first kappa shape index (κ1) is 37.4. The van der Waals surface area contributed by atoms with Gasteiger partial charge in [-0.05, 0) is 81.9 Å². The van der Waals surface area contributed by atoms with Gasteiger partial charge in [-0.2, -0.15) is 0 Å². The quantitative estimate of drug-likeness (QED) is 0.205. The van der Waals surface area contributed by atoms with E-state index in [0.717, 1.165) is 42.4 Å². The van der Waals surface area contributed by atoms with Crippen molar-refractivity contribution in [2.75, 3.05) is 26.2 Å². The molecule has 10 nitrogen and oxygen atoms in total. The summed E-state index contributed by atoms with van der Waals surface area (Å²) >= 11 is 0. The number of ether oxygens (including phenoxy) is 2. The van der Waals surface area contributed by atoms with E-state index >= 15 is 0 Å². The minimum Gasteiger partial charge on any atom is -0.445 e. The van der Waals surface area contributed by atoms with E-state index in [9.17, 15) is 19.2 Å². The van der Waals surface area contributed by atoms with Crippen molar-refractivity contribution >= 4 is 24.0 Å². The Labute approximate surface area is 301 Å². The molecule has 0 spiro atoms. The number of piperidine rings is 1. The van der Waals surface area contributed by atoms with Gasteiger partial charge in [0.25, 0.3) is 0 Å². The minimum atomic E-state index is -1.00. The Morgan fingerprint density at radius 3 is 1.98 bits per heavy atom. The lowest BCUT2D eigenvalue weighted by Gasteiger charge is -2.34. The van der Waals surface area contributed by atoms with E-state index in [0.29, 0.717) is 44.9 Å². The molecule has 3 aromatic rings. The Morgan fingerprint density at radius 1 is 0.804 bits per heavy atom. The number of carbonyl (C=O) groups is 4. The van der Waals surface area contributed by atoms with Gasteiger partial charge in [0.2, 0.25) is 11.8 Å². The van der Waals surface area contributed by atoms with Crippen LogP contribution in [0.5, 0.6) is 0 Å². The molecule has 3 aromatic carbocycles. The van der Waals surface area contributed by atoms with Gasteiger partial charge in [-0.25, -0.2) is 9.59 Å². The maximum Gasteiger partial charge on any atom is 0.410 e. The standard InChI is InChI=1S/C41H52N4O6/c1-41(2,3)51-39(48)43-36(35(32-18-9-5-10-19-32)33-20-11-6-12-21-33)38(47)45-26-14-22-34(45)37(46)42-25-13-17-30-23-27-44(28-24-30)40(49)50-29-31-15-7-4-8-16-31/h4-12,15-16,18-21,30,34-36H,13-14,17,22-29H2,1-3H3,(H,42,46)(H,43,48)/t34-,36+/m0/s1. The van der Waals surface area contributed by atoms with E-state index in [4.69, 9.17) is 9.47 Å². The van der Waals surface area contributed by atoms with Gasteiger partial charge in [-0.15, -0.1) is 0 Å². The van der Waals surface area contributed by atoms with E-state index in [-0.39, 0.29) is 24.5 Å². The number of carbonyl (C=O) groups excluding carboxylic acids is 4. The Hall–Kier alpha value is -4.86. The zero-order valence-corrected chi connectivity index (χ0v) is 30.1. The van der Waals surface area contributed by atoms with Gasteiger partial charge in [0.15, 0.2) is 0 Å². The van der Waals surface area contributed by atoms with Gasteiger partial charge in [-0.1, -0.05) is 91.0 Å². The van der Waals surface area contributed by atoms with E-state index in [1.54, 1.807) is 30.6 Å². The fourth-order valence-corrected chi connectivity index (χ4v) is 7.04. The number of nitrogens with zero attached hydrogens (tertiary/aromatic N) is 2.